The summed E-state index contributed by atoms with van der Waals surface area (Å²) in [4.78, 5) is 42.1. The SMILES string of the molecule is O=C(c1ccccc1)c1ccccc1C(=O)N1CCN(C(=O)c2ccccc2O)CC1. The van der Waals surface area contributed by atoms with Gasteiger partial charge in [-0.15, -0.1) is 0 Å². The van der Waals surface area contributed by atoms with Crippen LogP contribution in [0.25, 0.3) is 0 Å². The minimum absolute atomic E-state index is 0.0562. The van der Waals surface area contributed by atoms with E-state index >= 15 is 0 Å². The first-order valence-corrected chi connectivity index (χ1v) is 10.1. The van der Waals surface area contributed by atoms with E-state index in [1.807, 2.05) is 6.07 Å². The third-order valence-corrected chi connectivity index (χ3v) is 5.43. The minimum atomic E-state index is -0.259. The van der Waals surface area contributed by atoms with Crippen LogP contribution in [0.5, 0.6) is 5.75 Å². The van der Waals surface area contributed by atoms with Gasteiger partial charge in [0.05, 0.1) is 11.1 Å². The second-order valence-electron chi connectivity index (χ2n) is 7.34. The van der Waals surface area contributed by atoms with E-state index in [4.69, 9.17) is 0 Å². The van der Waals surface area contributed by atoms with Crippen LogP contribution in [0.15, 0.2) is 78.9 Å². The monoisotopic (exact) mass is 414 g/mol. The van der Waals surface area contributed by atoms with E-state index in [-0.39, 0.29) is 28.9 Å². The highest BCUT2D eigenvalue weighted by atomic mass is 16.3. The second kappa shape index (κ2) is 8.83. The number of benzene rings is 3. The van der Waals surface area contributed by atoms with E-state index in [0.717, 1.165) is 0 Å². The summed E-state index contributed by atoms with van der Waals surface area (Å²) < 4.78 is 0. The molecule has 0 spiro atoms. The number of piperazine rings is 1. The lowest BCUT2D eigenvalue weighted by Crippen LogP contribution is -2.50. The lowest BCUT2D eigenvalue weighted by molar-refractivity contribution is 0.0533. The zero-order valence-electron chi connectivity index (χ0n) is 16.9. The highest BCUT2D eigenvalue weighted by Crippen LogP contribution is 2.21. The molecule has 31 heavy (non-hydrogen) atoms. The van der Waals surface area contributed by atoms with Gasteiger partial charge >= 0.3 is 0 Å². The summed E-state index contributed by atoms with van der Waals surface area (Å²) in [5.41, 5.74) is 1.50. The van der Waals surface area contributed by atoms with Crippen molar-refractivity contribution in [1.82, 2.24) is 9.80 Å². The third-order valence-electron chi connectivity index (χ3n) is 5.43. The molecule has 6 nitrogen and oxygen atoms in total. The summed E-state index contributed by atoms with van der Waals surface area (Å²) in [6.07, 6.45) is 0. The molecule has 4 rings (SSSR count). The van der Waals surface area contributed by atoms with E-state index in [2.05, 4.69) is 0 Å². The molecular formula is C25H22N2O4. The number of phenolic OH excluding ortho intramolecular Hbond substituents is 1. The van der Waals surface area contributed by atoms with Gasteiger partial charge in [0.2, 0.25) is 0 Å². The standard InChI is InChI=1S/C25H22N2O4/c28-22-13-7-6-12-21(22)25(31)27-16-14-26(15-17-27)24(30)20-11-5-4-10-19(20)23(29)18-8-2-1-3-9-18/h1-13,28H,14-17H2. The molecule has 3 aromatic carbocycles. The Kier molecular flexibility index (Phi) is 5.80. The lowest BCUT2D eigenvalue weighted by Gasteiger charge is -2.35. The number of hydrogen-bond donors (Lipinski definition) is 1. The Morgan fingerprint density at radius 1 is 0.581 bits per heavy atom. The Bertz CT molecular complexity index is 1120. The normalized spacial score (nSPS) is 13.7. The average Bonchev–Trinajstić information content (AvgIpc) is 2.83. The molecule has 1 fully saturated rings. The van der Waals surface area contributed by atoms with Crippen molar-refractivity contribution in [2.75, 3.05) is 26.2 Å². The molecule has 0 bridgehead atoms. The van der Waals surface area contributed by atoms with Crippen molar-refractivity contribution in [2.45, 2.75) is 0 Å². The molecule has 1 saturated heterocycles. The maximum absolute atomic E-state index is 13.2. The van der Waals surface area contributed by atoms with Gasteiger partial charge in [0.25, 0.3) is 11.8 Å². The smallest absolute Gasteiger partial charge is 0.257 e. The summed E-state index contributed by atoms with van der Waals surface area (Å²) in [5.74, 6) is -0.739. The quantitative estimate of drug-likeness (QED) is 0.665. The van der Waals surface area contributed by atoms with Crippen molar-refractivity contribution in [3.8, 4) is 5.75 Å². The van der Waals surface area contributed by atoms with Crippen LogP contribution in [0.4, 0.5) is 0 Å². The molecule has 6 heteroatoms. The van der Waals surface area contributed by atoms with Gasteiger partial charge in [0, 0.05) is 37.3 Å². The fourth-order valence-corrected chi connectivity index (χ4v) is 3.72. The average molecular weight is 414 g/mol. The first-order valence-electron chi connectivity index (χ1n) is 10.1. The highest BCUT2D eigenvalue weighted by Gasteiger charge is 2.28. The van der Waals surface area contributed by atoms with Gasteiger partial charge in [0.15, 0.2) is 5.78 Å². The van der Waals surface area contributed by atoms with Crippen LogP contribution >= 0.6 is 0 Å². The zero-order valence-corrected chi connectivity index (χ0v) is 16.9. The summed E-state index contributed by atoms with van der Waals surface area (Å²) in [6.45, 7) is 1.42. The number of ketones is 1. The summed E-state index contributed by atoms with van der Waals surface area (Å²) in [5, 5.41) is 9.93. The molecule has 0 aliphatic carbocycles. The van der Waals surface area contributed by atoms with Crippen molar-refractivity contribution in [3.05, 3.63) is 101 Å². The number of aromatic hydroxyl groups is 1. The summed E-state index contributed by atoms with van der Waals surface area (Å²) in [7, 11) is 0. The number of carbonyl (C=O) groups is 3. The number of carbonyl (C=O) groups excluding carboxylic acids is 3. The number of hydrogen-bond acceptors (Lipinski definition) is 4. The molecule has 0 saturated carbocycles. The van der Waals surface area contributed by atoms with Crippen molar-refractivity contribution < 1.29 is 19.5 Å². The molecule has 0 atom stereocenters. The Balaban J connectivity index is 1.48. The highest BCUT2D eigenvalue weighted by molar-refractivity contribution is 6.15. The Morgan fingerprint density at radius 2 is 1.03 bits per heavy atom. The Hall–Kier alpha value is -3.93. The molecule has 1 aliphatic heterocycles. The predicted octanol–water partition coefficient (Wildman–Crippen LogP) is 3.22. The third kappa shape index (κ3) is 4.19. The Morgan fingerprint density at radius 3 is 1.61 bits per heavy atom. The molecule has 2 amide bonds. The first kappa shape index (κ1) is 20.3. The van der Waals surface area contributed by atoms with Gasteiger partial charge in [-0.2, -0.15) is 0 Å². The topological polar surface area (TPSA) is 77.9 Å². The molecule has 1 heterocycles. The predicted molar refractivity (Wildman–Crippen MR) is 116 cm³/mol. The van der Waals surface area contributed by atoms with Crippen LogP contribution in [0.3, 0.4) is 0 Å². The first-order chi connectivity index (χ1) is 15.1. The van der Waals surface area contributed by atoms with Crippen LogP contribution < -0.4 is 0 Å². The van der Waals surface area contributed by atoms with Crippen LogP contribution in [-0.2, 0) is 0 Å². The van der Waals surface area contributed by atoms with Crippen LogP contribution in [0.2, 0.25) is 0 Å². The maximum Gasteiger partial charge on any atom is 0.257 e. The van der Waals surface area contributed by atoms with Gasteiger partial charge in [0.1, 0.15) is 5.75 Å². The summed E-state index contributed by atoms with van der Waals surface area (Å²) in [6, 6.07) is 22.1. The molecule has 0 unspecified atom stereocenters. The molecule has 0 aromatic heterocycles. The van der Waals surface area contributed by atoms with Crippen LogP contribution in [0, 0.1) is 0 Å². The van der Waals surface area contributed by atoms with Crippen molar-refractivity contribution in [1.29, 1.82) is 0 Å². The second-order valence-corrected chi connectivity index (χ2v) is 7.34. The molecule has 0 radical (unpaired) electrons. The number of nitrogens with zero attached hydrogens (tertiary/aromatic N) is 2. The van der Waals surface area contributed by atoms with Crippen LogP contribution in [-0.4, -0.2) is 58.7 Å². The van der Waals surface area contributed by atoms with Gasteiger partial charge in [-0.05, 0) is 18.2 Å². The fourth-order valence-electron chi connectivity index (χ4n) is 3.72. The van der Waals surface area contributed by atoms with E-state index in [0.29, 0.717) is 42.9 Å². The number of amides is 2. The van der Waals surface area contributed by atoms with E-state index < -0.39 is 0 Å². The van der Waals surface area contributed by atoms with Gasteiger partial charge in [-0.25, -0.2) is 0 Å². The van der Waals surface area contributed by atoms with Gasteiger partial charge < -0.3 is 14.9 Å². The van der Waals surface area contributed by atoms with Crippen LogP contribution in [0.1, 0.15) is 36.6 Å². The van der Waals surface area contributed by atoms with E-state index in [1.165, 1.54) is 6.07 Å². The van der Waals surface area contributed by atoms with Gasteiger partial charge in [-0.3, -0.25) is 14.4 Å². The lowest BCUT2D eigenvalue weighted by atomic mass is 9.97. The van der Waals surface area contributed by atoms with E-state index in [1.54, 1.807) is 76.5 Å². The van der Waals surface area contributed by atoms with Crippen molar-refractivity contribution >= 4 is 17.6 Å². The fraction of sp³-hybridized carbons (Fsp3) is 0.160. The number of phenols is 1. The molecule has 1 N–H and O–H groups in total. The van der Waals surface area contributed by atoms with Crippen molar-refractivity contribution in [2.24, 2.45) is 0 Å². The molecule has 156 valence electrons. The number of para-hydroxylation sites is 1. The minimum Gasteiger partial charge on any atom is -0.507 e. The van der Waals surface area contributed by atoms with Crippen molar-refractivity contribution in [3.63, 3.8) is 0 Å². The van der Waals surface area contributed by atoms with E-state index in [9.17, 15) is 19.5 Å². The number of rotatable bonds is 4. The zero-order chi connectivity index (χ0) is 21.8. The molecule has 1 aliphatic rings. The summed E-state index contributed by atoms with van der Waals surface area (Å²) >= 11 is 0. The molecule has 3 aromatic rings. The van der Waals surface area contributed by atoms with Gasteiger partial charge in [-0.1, -0.05) is 60.7 Å². The maximum atomic E-state index is 13.2. The molecular weight excluding hydrogens is 392 g/mol. The largest absolute Gasteiger partial charge is 0.507 e. The Labute approximate surface area is 180 Å².